The van der Waals surface area contributed by atoms with E-state index in [1.54, 1.807) is 12.1 Å². The second-order valence-corrected chi connectivity index (χ2v) is 6.90. The number of phenols is 1. The Balaban J connectivity index is 1.83. The minimum absolute atomic E-state index is 0.303. The zero-order valence-corrected chi connectivity index (χ0v) is 14.1. The van der Waals surface area contributed by atoms with Crippen LogP contribution in [0.3, 0.4) is 0 Å². The standard InChI is InChI=1S/C22H19ClO/c23-18-10-5-16(6-11-18)21-14-9-15-3-1-2-4-20(15)22(21)17-7-12-19(24)13-8-17/h1-8,10-13,21-22,24H,9,14H2/t21-,22-/m1/s1. The molecule has 1 aliphatic carbocycles. The molecule has 1 aliphatic rings. The molecular formula is C22H19ClO. The van der Waals surface area contributed by atoms with E-state index in [0.717, 1.165) is 17.9 Å². The Morgan fingerprint density at radius 1 is 0.792 bits per heavy atom. The van der Waals surface area contributed by atoms with E-state index in [1.165, 1.54) is 22.3 Å². The molecular weight excluding hydrogens is 316 g/mol. The zero-order valence-electron chi connectivity index (χ0n) is 13.3. The molecule has 0 aromatic heterocycles. The number of halogens is 1. The highest BCUT2D eigenvalue weighted by Crippen LogP contribution is 2.46. The number of rotatable bonds is 2. The molecule has 24 heavy (non-hydrogen) atoms. The van der Waals surface area contributed by atoms with Crippen molar-refractivity contribution < 1.29 is 5.11 Å². The van der Waals surface area contributed by atoms with Gasteiger partial charge in [0.1, 0.15) is 5.75 Å². The Morgan fingerprint density at radius 3 is 2.21 bits per heavy atom. The normalized spacial score (nSPS) is 19.7. The van der Waals surface area contributed by atoms with Gasteiger partial charge < -0.3 is 5.11 Å². The first-order chi connectivity index (χ1) is 11.7. The maximum absolute atomic E-state index is 9.65. The molecule has 3 aromatic rings. The average Bonchev–Trinajstić information content (AvgIpc) is 2.62. The lowest BCUT2D eigenvalue weighted by atomic mass is 9.69. The number of fused-ring (bicyclic) bond motifs is 1. The molecule has 1 nitrogen and oxygen atoms in total. The van der Waals surface area contributed by atoms with Crippen molar-refractivity contribution in [1.82, 2.24) is 0 Å². The second-order valence-electron chi connectivity index (χ2n) is 6.46. The molecule has 3 aromatic carbocycles. The predicted octanol–water partition coefficient (Wildman–Crippen LogP) is 5.91. The van der Waals surface area contributed by atoms with Gasteiger partial charge >= 0.3 is 0 Å². The maximum Gasteiger partial charge on any atom is 0.115 e. The first kappa shape index (κ1) is 15.3. The first-order valence-electron chi connectivity index (χ1n) is 8.34. The smallest absolute Gasteiger partial charge is 0.115 e. The summed E-state index contributed by atoms with van der Waals surface area (Å²) in [5, 5.41) is 10.4. The van der Waals surface area contributed by atoms with E-state index in [9.17, 15) is 5.11 Å². The quantitative estimate of drug-likeness (QED) is 0.618. The maximum atomic E-state index is 9.65. The minimum Gasteiger partial charge on any atom is -0.508 e. The fourth-order valence-corrected chi connectivity index (χ4v) is 4.05. The number of hydrogen-bond donors (Lipinski definition) is 1. The fraction of sp³-hybridized carbons (Fsp3) is 0.182. The molecule has 0 amide bonds. The second kappa shape index (κ2) is 6.33. The van der Waals surface area contributed by atoms with Crippen LogP contribution in [0.4, 0.5) is 0 Å². The Morgan fingerprint density at radius 2 is 1.46 bits per heavy atom. The van der Waals surface area contributed by atoms with Crippen molar-refractivity contribution in [2.75, 3.05) is 0 Å². The highest BCUT2D eigenvalue weighted by atomic mass is 35.5. The van der Waals surface area contributed by atoms with Gasteiger partial charge in [-0.05, 0) is 65.3 Å². The van der Waals surface area contributed by atoms with E-state index < -0.39 is 0 Å². The van der Waals surface area contributed by atoms with Gasteiger partial charge in [0.05, 0.1) is 0 Å². The van der Waals surface area contributed by atoms with Crippen molar-refractivity contribution in [1.29, 1.82) is 0 Å². The summed E-state index contributed by atoms with van der Waals surface area (Å²) >= 11 is 6.07. The highest BCUT2D eigenvalue weighted by Gasteiger charge is 2.31. The van der Waals surface area contributed by atoms with Gasteiger partial charge in [-0.15, -0.1) is 0 Å². The highest BCUT2D eigenvalue weighted by molar-refractivity contribution is 6.30. The van der Waals surface area contributed by atoms with Gasteiger partial charge in [-0.25, -0.2) is 0 Å². The summed E-state index contributed by atoms with van der Waals surface area (Å²) in [6, 6.07) is 24.6. The number of hydrogen-bond acceptors (Lipinski definition) is 1. The van der Waals surface area contributed by atoms with E-state index in [0.29, 0.717) is 17.6 Å². The molecule has 0 unspecified atom stereocenters. The molecule has 0 spiro atoms. The van der Waals surface area contributed by atoms with Gasteiger partial charge in [0.25, 0.3) is 0 Å². The molecule has 0 saturated carbocycles. The molecule has 0 heterocycles. The third-order valence-corrected chi connectivity index (χ3v) is 5.32. The van der Waals surface area contributed by atoms with Crippen LogP contribution in [0.5, 0.6) is 5.75 Å². The summed E-state index contributed by atoms with van der Waals surface area (Å²) in [4.78, 5) is 0. The van der Waals surface area contributed by atoms with Crippen LogP contribution in [0.2, 0.25) is 5.02 Å². The number of phenolic OH excluding ortho intramolecular Hbond substituents is 1. The molecule has 0 bridgehead atoms. The first-order valence-corrected chi connectivity index (χ1v) is 8.72. The van der Waals surface area contributed by atoms with Crippen LogP contribution in [-0.4, -0.2) is 5.11 Å². The van der Waals surface area contributed by atoms with Crippen molar-refractivity contribution >= 4 is 11.6 Å². The summed E-state index contributed by atoms with van der Waals surface area (Å²) < 4.78 is 0. The summed E-state index contributed by atoms with van der Waals surface area (Å²) in [6.45, 7) is 0. The van der Waals surface area contributed by atoms with Crippen molar-refractivity contribution in [3.63, 3.8) is 0 Å². The van der Waals surface area contributed by atoms with Gasteiger partial charge in [-0.3, -0.25) is 0 Å². The third kappa shape index (κ3) is 2.81. The van der Waals surface area contributed by atoms with Gasteiger partial charge in [-0.2, -0.15) is 0 Å². The van der Waals surface area contributed by atoms with E-state index in [2.05, 4.69) is 36.4 Å². The summed E-state index contributed by atoms with van der Waals surface area (Å²) in [5.41, 5.74) is 5.40. The molecule has 0 aliphatic heterocycles. The molecule has 0 radical (unpaired) electrons. The van der Waals surface area contributed by atoms with Crippen molar-refractivity contribution in [2.24, 2.45) is 0 Å². The number of aryl methyl sites for hydroxylation is 1. The van der Waals surface area contributed by atoms with Crippen LogP contribution >= 0.6 is 11.6 Å². The van der Waals surface area contributed by atoms with Crippen LogP contribution in [-0.2, 0) is 6.42 Å². The Hall–Kier alpha value is -2.25. The largest absolute Gasteiger partial charge is 0.508 e. The van der Waals surface area contributed by atoms with Crippen molar-refractivity contribution in [2.45, 2.75) is 24.7 Å². The molecule has 0 fully saturated rings. The number of aromatic hydroxyl groups is 1. The Labute approximate surface area is 147 Å². The zero-order chi connectivity index (χ0) is 16.5. The van der Waals surface area contributed by atoms with Crippen LogP contribution < -0.4 is 0 Å². The molecule has 1 N–H and O–H groups in total. The SMILES string of the molecule is Oc1ccc([C@@H]2c3ccccc3CC[C@@H]2c2ccc(Cl)cc2)cc1. The molecule has 2 atom stereocenters. The van der Waals surface area contributed by atoms with Crippen LogP contribution in [0.15, 0.2) is 72.8 Å². The van der Waals surface area contributed by atoms with Crippen molar-refractivity contribution in [3.05, 3.63) is 100 Å². The lowest BCUT2D eigenvalue weighted by Crippen LogP contribution is -2.20. The van der Waals surface area contributed by atoms with Crippen LogP contribution in [0.25, 0.3) is 0 Å². The topological polar surface area (TPSA) is 20.2 Å². The average molecular weight is 335 g/mol. The Bertz CT molecular complexity index is 837. The minimum atomic E-state index is 0.303. The monoisotopic (exact) mass is 334 g/mol. The van der Waals surface area contributed by atoms with Crippen molar-refractivity contribution in [3.8, 4) is 5.75 Å². The lowest BCUT2D eigenvalue weighted by Gasteiger charge is -2.34. The summed E-state index contributed by atoms with van der Waals surface area (Å²) in [7, 11) is 0. The number of benzene rings is 3. The van der Waals surface area contributed by atoms with Gasteiger partial charge in [0, 0.05) is 10.9 Å². The molecule has 120 valence electrons. The Kier molecular flexibility index (Phi) is 4.03. The third-order valence-electron chi connectivity index (χ3n) is 5.07. The fourth-order valence-electron chi connectivity index (χ4n) is 3.92. The van der Waals surface area contributed by atoms with Crippen LogP contribution in [0, 0.1) is 0 Å². The predicted molar refractivity (Wildman–Crippen MR) is 98.9 cm³/mol. The van der Waals surface area contributed by atoms with E-state index in [4.69, 9.17) is 11.6 Å². The molecule has 0 saturated heterocycles. The van der Waals surface area contributed by atoms with Gasteiger partial charge in [-0.1, -0.05) is 60.1 Å². The molecule has 4 rings (SSSR count). The lowest BCUT2D eigenvalue weighted by molar-refractivity contribution is 0.474. The van der Waals surface area contributed by atoms with Gasteiger partial charge in [0.2, 0.25) is 0 Å². The summed E-state index contributed by atoms with van der Waals surface area (Å²) in [6.07, 6.45) is 2.21. The van der Waals surface area contributed by atoms with E-state index in [-0.39, 0.29) is 0 Å². The van der Waals surface area contributed by atoms with Crippen LogP contribution in [0.1, 0.15) is 40.5 Å². The van der Waals surface area contributed by atoms with E-state index in [1.807, 2.05) is 24.3 Å². The van der Waals surface area contributed by atoms with Gasteiger partial charge in [0.15, 0.2) is 0 Å². The van der Waals surface area contributed by atoms with E-state index >= 15 is 0 Å². The summed E-state index contributed by atoms with van der Waals surface area (Å²) in [5.74, 6) is 1.03. The molecule has 2 heteroatoms.